The van der Waals surface area contributed by atoms with E-state index in [-0.39, 0.29) is 0 Å². The molecule has 0 aromatic heterocycles. The van der Waals surface area contributed by atoms with Crippen molar-refractivity contribution in [1.29, 1.82) is 5.53 Å². The summed E-state index contributed by atoms with van der Waals surface area (Å²) in [7, 11) is 0. The van der Waals surface area contributed by atoms with Gasteiger partial charge in [-0.3, -0.25) is 0 Å². The summed E-state index contributed by atoms with van der Waals surface area (Å²) in [6.07, 6.45) is 5.07. The summed E-state index contributed by atoms with van der Waals surface area (Å²) in [5.74, 6) is 2.46. The Morgan fingerprint density at radius 2 is 2.00 bits per heavy atom. The average Bonchev–Trinajstić information content (AvgIpc) is 2.84. The Morgan fingerprint density at radius 1 is 1.38 bits per heavy atom. The summed E-state index contributed by atoms with van der Waals surface area (Å²) in [4.78, 5) is 11.1. The number of rotatable bonds is 3. The van der Waals surface area contributed by atoms with Gasteiger partial charge < -0.3 is 4.79 Å². The van der Waals surface area contributed by atoms with E-state index in [1.807, 2.05) is 0 Å². The standard InChI is InChI=1S/C13H20N2O/c1-8-3-4-10-11(5-6-13(8)15-14)12(10)7-9(2)16/h10-12,14H,3-7H2,1-2H3/b13-8+,15-14?/t10?,11?,12-/m1/s1. The highest BCUT2D eigenvalue weighted by atomic mass is 16.1. The predicted molar refractivity (Wildman–Crippen MR) is 62.1 cm³/mol. The monoisotopic (exact) mass is 220 g/mol. The van der Waals surface area contributed by atoms with Gasteiger partial charge in [-0.1, -0.05) is 0 Å². The molecule has 3 atom stereocenters. The van der Waals surface area contributed by atoms with Gasteiger partial charge in [-0.05, 0) is 62.9 Å². The molecule has 3 nitrogen and oxygen atoms in total. The lowest BCUT2D eigenvalue weighted by atomic mass is 9.99. The van der Waals surface area contributed by atoms with Crippen molar-refractivity contribution in [2.75, 3.05) is 0 Å². The number of nitrogens with zero attached hydrogens (tertiary/aromatic N) is 1. The molecule has 0 aromatic rings. The van der Waals surface area contributed by atoms with Gasteiger partial charge in [0.15, 0.2) is 0 Å². The van der Waals surface area contributed by atoms with Crippen molar-refractivity contribution < 1.29 is 4.79 Å². The highest BCUT2D eigenvalue weighted by Gasteiger charge is 2.49. The predicted octanol–water partition coefficient (Wildman–Crippen LogP) is 3.71. The van der Waals surface area contributed by atoms with E-state index in [9.17, 15) is 4.79 Å². The molecule has 0 heterocycles. The van der Waals surface area contributed by atoms with Crippen molar-refractivity contribution in [3.63, 3.8) is 0 Å². The number of hydrogen-bond acceptors (Lipinski definition) is 3. The third-order valence-corrected chi connectivity index (χ3v) is 4.23. The van der Waals surface area contributed by atoms with Crippen LogP contribution in [0.15, 0.2) is 16.4 Å². The van der Waals surface area contributed by atoms with Crippen LogP contribution in [-0.4, -0.2) is 5.78 Å². The van der Waals surface area contributed by atoms with Crippen molar-refractivity contribution in [3.05, 3.63) is 11.3 Å². The van der Waals surface area contributed by atoms with Crippen molar-refractivity contribution in [3.8, 4) is 0 Å². The number of nitrogens with one attached hydrogen (secondary N) is 1. The second-order valence-corrected chi connectivity index (χ2v) is 5.31. The second-order valence-electron chi connectivity index (χ2n) is 5.31. The second kappa shape index (κ2) is 4.48. The molecular weight excluding hydrogens is 200 g/mol. The molecule has 2 rings (SSSR count). The largest absolute Gasteiger partial charge is 0.300 e. The first-order valence-corrected chi connectivity index (χ1v) is 6.19. The highest BCUT2D eigenvalue weighted by molar-refractivity contribution is 5.76. The molecule has 2 aliphatic carbocycles. The Balaban J connectivity index is 1.98. The number of Topliss-reactive ketones (excluding diaryl/α,β-unsaturated/α-hetero) is 1. The number of carbonyl (C=O) groups is 1. The van der Waals surface area contributed by atoms with Crippen LogP contribution in [0.5, 0.6) is 0 Å². The van der Waals surface area contributed by atoms with Crippen LogP contribution in [0.2, 0.25) is 0 Å². The lowest BCUT2D eigenvalue weighted by Crippen LogP contribution is -1.95. The quantitative estimate of drug-likeness (QED) is 0.724. The Morgan fingerprint density at radius 3 is 2.56 bits per heavy atom. The maximum Gasteiger partial charge on any atom is 0.130 e. The van der Waals surface area contributed by atoms with Gasteiger partial charge in [0, 0.05) is 6.42 Å². The van der Waals surface area contributed by atoms with Crippen LogP contribution < -0.4 is 0 Å². The summed E-state index contributed by atoms with van der Waals surface area (Å²) in [6, 6.07) is 0. The van der Waals surface area contributed by atoms with Crippen molar-refractivity contribution in [2.24, 2.45) is 22.9 Å². The fraction of sp³-hybridized carbons (Fsp3) is 0.769. The highest BCUT2D eigenvalue weighted by Crippen LogP contribution is 2.55. The maximum absolute atomic E-state index is 11.1. The molecule has 1 fully saturated rings. The molecule has 0 radical (unpaired) electrons. The van der Waals surface area contributed by atoms with Gasteiger partial charge in [0.25, 0.3) is 0 Å². The van der Waals surface area contributed by atoms with Gasteiger partial charge in [-0.15, -0.1) is 0 Å². The lowest BCUT2D eigenvalue weighted by Gasteiger charge is -2.09. The van der Waals surface area contributed by atoms with Crippen LogP contribution in [0.4, 0.5) is 0 Å². The van der Waals surface area contributed by atoms with E-state index in [1.54, 1.807) is 6.92 Å². The molecule has 2 unspecified atom stereocenters. The van der Waals surface area contributed by atoms with E-state index in [1.165, 1.54) is 12.0 Å². The number of hydrogen-bond donors (Lipinski definition) is 1. The summed E-state index contributed by atoms with van der Waals surface area (Å²) in [5, 5.41) is 3.63. The zero-order valence-electron chi connectivity index (χ0n) is 10.1. The molecule has 0 aliphatic heterocycles. The fourth-order valence-electron chi connectivity index (χ4n) is 3.21. The number of carbonyl (C=O) groups excluding carboxylic acids is 1. The Kier molecular flexibility index (Phi) is 3.22. The molecule has 0 aromatic carbocycles. The van der Waals surface area contributed by atoms with Crippen LogP contribution in [0.1, 0.15) is 46.0 Å². The average molecular weight is 220 g/mol. The minimum Gasteiger partial charge on any atom is -0.300 e. The molecule has 1 saturated carbocycles. The normalized spacial score (nSPS) is 38.2. The van der Waals surface area contributed by atoms with Gasteiger partial charge in [0.05, 0.1) is 5.70 Å². The minimum absolute atomic E-state index is 0.326. The van der Waals surface area contributed by atoms with E-state index >= 15 is 0 Å². The van der Waals surface area contributed by atoms with Crippen LogP contribution in [-0.2, 0) is 4.79 Å². The molecule has 0 saturated heterocycles. The van der Waals surface area contributed by atoms with E-state index in [0.717, 1.165) is 43.2 Å². The molecule has 2 aliphatic rings. The first-order valence-electron chi connectivity index (χ1n) is 6.19. The molecule has 1 N–H and O–H groups in total. The molecule has 0 spiro atoms. The molecule has 3 heteroatoms. The molecule has 0 bridgehead atoms. The third kappa shape index (κ3) is 2.23. The van der Waals surface area contributed by atoms with Crippen LogP contribution >= 0.6 is 0 Å². The molecule has 88 valence electrons. The number of ketones is 1. The van der Waals surface area contributed by atoms with E-state index in [2.05, 4.69) is 12.0 Å². The minimum atomic E-state index is 0.326. The zero-order chi connectivity index (χ0) is 11.7. The van der Waals surface area contributed by atoms with Crippen molar-refractivity contribution in [2.45, 2.75) is 46.0 Å². The van der Waals surface area contributed by atoms with Gasteiger partial charge in [-0.2, -0.15) is 5.11 Å². The number of fused-ring (bicyclic) bond motifs is 1. The Hall–Kier alpha value is -0.990. The molecule has 16 heavy (non-hydrogen) atoms. The van der Waals surface area contributed by atoms with Crippen LogP contribution in [0.3, 0.4) is 0 Å². The summed E-state index contributed by atoms with van der Waals surface area (Å²) >= 11 is 0. The maximum atomic E-state index is 11.1. The first kappa shape index (κ1) is 11.5. The van der Waals surface area contributed by atoms with E-state index in [0.29, 0.717) is 11.7 Å². The van der Waals surface area contributed by atoms with Gasteiger partial charge >= 0.3 is 0 Å². The van der Waals surface area contributed by atoms with Gasteiger partial charge in [0.1, 0.15) is 5.78 Å². The Labute approximate surface area is 96.8 Å². The zero-order valence-corrected chi connectivity index (χ0v) is 10.1. The van der Waals surface area contributed by atoms with E-state index < -0.39 is 0 Å². The van der Waals surface area contributed by atoms with Crippen LogP contribution in [0, 0.1) is 23.3 Å². The molecular formula is C13H20N2O. The first-order chi connectivity index (χ1) is 7.63. The van der Waals surface area contributed by atoms with Gasteiger partial charge in [0.2, 0.25) is 0 Å². The molecule has 0 amide bonds. The summed E-state index contributed by atoms with van der Waals surface area (Å²) in [5.41, 5.74) is 9.41. The summed E-state index contributed by atoms with van der Waals surface area (Å²) in [6.45, 7) is 3.79. The fourth-order valence-corrected chi connectivity index (χ4v) is 3.21. The number of allylic oxidation sites excluding steroid dienone is 2. The third-order valence-electron chi connectivity index (χ3n) is 4.23. The van der Waals surface area contributed by atoms with Crippen LogP contribution in [0.25, 0.3) is 0 Å². The lowest BCUT2D eigenvalue weighted by molar-refractivity contribution is -0.117. The van der Waals surface area contributed by atoms with Gasteiger partial charge in [-0.25, -0.2) is 5.53 Å². The van der Waals surface area contributed by atoms with Crippen molar-refractivity contribution >= 4 is 5.78 Å². The van der Waals surface area contributed by atoms with E-state index in [4.69, 9.17) is 5.53 Å². The van der Waals surface area contributed by atoms with Crippen molar-refractivity contribution in [1.82, 2.24) is 0 Å². The smallest absolute Gasteiger partial charge is 0.130 e. The SMILES string of the molecule is CC(=O)C[C@@H]1C2CC/C(C)=C(/N=N)CCC21. The Bertz CT molecular complexity index is 346. The summed E-state index contributed by atoms with van der Waals surface area (Å²) < 4.78 is 0. The topological polar surface area (TPSA) is 53.3 Å².